The van der Waals surface area contributed by atoms with Gasteiger partial charge in [0.1, 0.15) is 5.75 Å². The topological polar surface area (TPSA) is 67.4 Å². The number of amides is 2. The molecule has 0 heterocycles. The molecule has 0 spiro atoms. The molecule has 0 unspecified atom stereocenters. The molecule has 0 saturated carbocycles. The van der Waals surface area contributed by atoms with Crippen LogP contribution in [-0.4, -0.2) is 18.9 Å². The van der Waals surface area contributed by atoms with Crippen molar-refractivity contribution in [3.63, 3.8) is 0 Å². The first kappa shape index (κ1) is 22.1. The van der Waals surface area contributed by atoms with Gasteiger partial charge in [0.05, 0.1) is 18.4 Å². The average molecular weight is 417 g/mol. The smallest absolute Gasteiger partial charge is 0.255 e. The summed E-state index contributed by atoms with van der Waals surface area (Å²) in [5.74, 6) is 0.179. The van der Waals surface area contributed by atoms with E-state index in [-0.39, 0.29) is 17.2 Å². The van der Waals surface area contributed by atoms with Crippen molar-refractivity contribution >= 4 is 17.5 Å². The maximum absolute atomic E-state index is 12.8. The molecule has 5 nitrogen and oxygen atoms in total. The van der Waals surface area contributed by atoms with E-state index in [2.05, 4.69) is 31.4 Å². The molecule has 2 amide bonds. The van der Waals surface area contributed by atoms with Crippen molar-refractivity contribution in [3.8, 4) is 5.75 Å². The summed E-state index contributed by atoms with van der Waals surface area (Å²) in [6.45, 7) is 6.70. The Balaban J connectivity index is 1.72. The first-order valence-electron chi connectivity index (χ1n) is 10.2. The van der Waals surface area contributed by atoms with Gasteiger partial charge in [-0.2, -0.15) is 0 Å². The fourth-order valence-electron chi connectivity index (χ4n) is 3.23. The second kappa shape index (κ2) is 9.47. The van der Waals surface area contributed by atoms with Crippen LogP contribution in [0.5, 0.6) is 5.75 Å². The summed E-state index contributed by atoms with van der Waals surface area (Å²) < 4.78 is 5.33. The lowest BCUT2D eigenvalue weighted by atomic mass is 9.86. The highest BCUT2D eigenvalue weighted by Gasteiger charge is 2.17. The molecule has 31 heavy (non-hydrogen) atoms. The summed E-state index contributed by atoms with van der Waals surface area (Å²) in [5.41, 5.74) is 3.44. The molecule has 3 aromatic rings. The van der Waals surface area contributed by atoms with Crippen molar-refractivity contribution in [1.29, 1.82) is 0 Å². The lowest BCUT2D eigenvalue weighted by Crippen LogP contribution is -2.25. The number of para-hydroxylation sites is 2. The summed E-state index contributed by atoms with van der Waals surface area (Å²) in [7, 11) is 1.60. The van der Waals surface area contributed by atoms with E-state index >= 15 is 0 Å². The van der Waals surface area contributed by atoms with E-state index in [0.717, 1.165) is 11.1 Å². The van der Waals surface area contributed by atoms with Crippen molar-refractivity contribution < 1.29 is 14.3 Å². The number of benzene rings is 3. The van der Waals surface area contributed by atoms with E-state index in [4.69, 9.17) is 4.74 Å². The molecule has 3 aromatic carbocycles. The maximum atomic E-state index is 12.8. The lowest BCUT2D eigenvalue weighted by Gasteiger charge is -2.19. The standard InChI is InChI=1S/C26H28N2O3/c1-26(2,3)20-15-13-18(14-16-20)24(29)28-22-11-7-6-10-21(22)25(30)27-17-19-9-5-8-12-23(19)31-4/h5-16H,17H2,1-4H3,(H,27,30)(H,28,29). The van der Waals surface area contributed by atoms with E-state index < -0.39 is 0 Å². The number of methoxy groups -OCH3 is 1. The first-order chi connectivity index (χ1) is 14.8. The summed E-state index contributed by atoms with van der Waals surface area (Å²) >= 11 is 0. The van der Waals surface area contributed by atoms with Crippen molar-refractivity contribution in [3.05, 3.63) is 95.1 Å². The van der Waals surface area contributed by atoms with Crippen LogP contribution < -0.4 is 15.4 Å². The van der Waals surface area contributed by atoms with E-state index in [1.165, 1.54) is 0 Å². The summed E-state index contributed by atoms with van der Waals surface area (Å²) in [5, 5.41) is 5.76. The summed E-state index contributed by atoms with van der Waals surface area (Å²) in [6, 6.07) is 22.0. The number of nitrogens with one attached hydrogen (secondary N) is 2. The van der Waals surface area contributed by atoms with Gasteiger partial charge in [-0.3, -0.25) is 9.59 Å². The third-order valence-corrected chi connectivity index (χ3v) is 5.06. The van der Waals surface area contributed by atoms with Gasteiger partial charge in [-0.15, -0.1) is 0 Å². The number of anilines is 1. The zero-order chi connectivity index (χ0) is 22.4. The van der Waals surface area contributed by atoms with Gasteiger partial charge in [0, 0.05) is 17.7 Å². The predicted octanol–water partition coefficient (Wildman–Crippen LogP) is 5.18. The van der Waals surface area contributed by atoms with Crippen molar-refractivity contribution in [2.75, 3.05) is 12.4 Å². The highest BCUT2D eigenvalue weighted by atomic mass is 16.5. The molecule has 0 bridgehead atoms. The van der Waals surface area contributed by atoms with Crippen LogP contribution in [-0.2, 0) is 12.0 Å². The fourth-order valence-corrected chi connectivity index (χ4v) is 3.23. The molecule has 2 N–H and O–H groups in total. The summed E-state index contributed by atoms with van der Waals surface area (Å²) in [6.07, 6.45) is 0. The van der Waals surface area contributed by atoms with Crippen LogP contribution in [0.1, 0.15) is 52.6 Å². The van der Waals surface area contributed by atoms with Gasteiger partial charge in [-0.1, -0.05) is 63.2 Å². The number of carbonyl (C=O) groups is 2. The highest BCUT2D eigenvalue weighted by molar-refractivity contribution is 6.09. The molecule has 0 atom stereocenters. The molecule has 160 valence electrons. The van der Waals surface area contributed by atoms with Gasteiger partial charge < -0.3 is 15.4 Å². The highest BCUT2D eigenvalue weighted by Crippen LogP contribution is 2.23. The number of rotatable bonds is 6. The van der Waals surface area contributed by atoms with Gasteiger partial charge in [0.15, 0.2) is 0 Å². The average Bonchev–Trinajstić information content (AvgIpc) is 2.77. The minimum atomic E-state index is -0.273. The first-order valence-corrected chi connectivity index (χ1v) is 10.2. The van der Waals surface area contributed by atoms with Crippen LogP contribution in [0, 0.1) is 0 Å². The SMILES string of the molecule is COc1ccccc1CNC(=O)c1ccccc1NC(=O)c1ccc(C(C)(C)C)cc1. The zero-order valence-corrected chi connectivity index (χ0v) is 18.4. The molecule has 0 aliphatic rings. The predicted molar refractivity (Wildman–Crippen MR) is 124 cm³/mol. The second-order valence-electron chi connectivity index (χ2n) is 8.32. The number of ether oxygens (including phenoxy) is 1. The van der Waals surface area contributed by atoms with Crippen LogP contribution in [0.25, 0.3) is 0 Å². The maximum Gasteiger partial charge on any atom is 0.255 e. The molecular weight excluding hydrogens is 388 g/mol. The Kier molecular flexibility index (Phi) is 6.75. The molecule has 0 fully saturated rings. The molecule has 0 saturated heterocycles. The molecule has 0 aromatic heterocycles. The minimum absolute atomic E-state index is 0.0150. The Bertz CT molecular complexity index is 1070. The zero-order valence-electron chi connectivity index (χ0n) is 18.4. The fraction of sp³-hybridized carbons (Fsp3) is 0.231. The molecule has 5 heteroatoms. The Morgan fingerprint density at radius 1 is 0.839 bits per heavy atom. The van der Waals surface area contributed by atoms with Crippen molar-refractivity contribution in [2.24, 2.45) is 0 Å². The third kappa shape index (κ3) is 5.51. The van der Waals surface area contributed by atoms with E-state index in [1.54, 1.807) is 43.5 Å². The van der Waals surface area contributed by atoms with Crippen LogP contribution in [0.15, 0.2) is 72.8 Å². The van der Waals surface area contributed by atoms with Crippen LogP contribution >= 0.6 is 0 Å². The molecule has 0 radical (unpaired) electrons. The van der Waals surface area contributed by atoms with Gasteiger partial charge in [-0.05, 0) is 41.3 Å². The normalized spacial score (nSPS) is 11.0. The monoisotopic (exact) mass is 416 g/mol. The van der Waals surface area contributed by atoms with E-state index in [0.29, 0.717) is 29.1 Å². The van der Waals surface area contributed by atoms with Crippen LogP contribution in [0.2, 0.25) is 0 Å². The second-order valence-corrected chi connectivity index (χ2v) is 8.32. The van der Waals surface area contributed by atoms with Crippen molar-refractivity contribution in [1.82, 2.24) is 5.32 Å². The van der Waals surface area contributed by atoms with Gasteiger partial charge in [-0.25, -0.2) is 0 Å². The Morgan fingerprint density at radius 3 is 2.16 bits per heavy atom. The van der Waals surface area contributed by atoms with Crippen LogP contribution in [0.4, 0.5) is 5.69 Å². The van der Waals surface area contributed by atoms with E-state index in [9.17, 15) is 9.59 Å². The Labute approximate surface area is 183 Å². The molecule has 0 aliphatic carbocycles. The van der Waals surface area contributed by atoms with Gasteiger partial charge >= 0.3 is 0 Å². The Hall–Kier alpha value is -3.60. The van der Waals surface area contributed by atoms with Gasteiger partial charge in [0.2, 0.25) is 0 Å². The Morgan fingerprint density at radius 2 is 1.48 bits per heavy atom. The van der Waals surface area contributed by atoms with Gasteiger partial charge in [0.25, 0.3) is 11.8 Å². The molecule has 0 aliphatic heterocycles. The minimum Gasteiger partial charge on any atom is -0.496 e. The van der Waals surface area contributed by atoms with Crippen molar-refractivity contribution in [2.45, 2.75) is 32.7 Å². The quantitative estimate of drug-likeness (QED) is 0.582. The third-order valence-electron chi connectivity index (χ3n) is 5.06. The number of hydrogen-bond donors (Lipinski definition) is 2. The van der Waals surface area contributed by atoms with E-state index in [1.807, 2.05) is 36.4 Å². The number of carbonyl (C=O) groups excluding carboxylic acids is 2. The molecule has 3 rings (SSSR count). The lowest BCUT2D eigenvalue weighted by molar-refractivity contribution is 0.0951. The largest absolute Gasteiger partial charge is 0.496 e. The number of hydrogen-bond acceptors (Lipinski definition) is 3. The molecular formula is C26H28N2O3. The summed E-state index contributed by atoms with van der Waals surface area (Å²) in [4.78, 5) is 25.6. The van der Waals surface area contributed by atoms with Crippen LogP contribution in [0.3, 0.4) is 0 Å².